The summed E-state index contributed by atoms with van der Waals surface area (Å²) >= 11 is 3.30. The van der Waals surface area contributed by atoms with Crippen LogP contribution in [0.2, 0.25) is 0 Å². The third-order valence-electron chi connectivity index (χ3n) is 4.63. The minimum atomic E-state index is -3.88. The SMILES string of the molecule is CCC(C)C(NC(N)=O)C(=O)Nc1ccc(C)c(S(=O)(=O)Nc2ccc(Br)cc2)c1. The van der Waals surface area contributed by atoms with E-state index in [0.717, 1.165) is 4.47 Å². The molecule has 0 radical (unpaired) electrons. The second-order valence-electron chi connectivity index (χ2n) is 6.95. The second kappa shape index (κ2) is 9.94. The molecule has 0 heterocycles. The first kappa shape index (κ1) is 23.7. The highest BCUT2D eigenvalue weighted by molar-refractivity contribution is 9.10. The zero-order valence-electron chi connectivity index (χ0n) is 16.9. The van der Waals surface area contributed by atoms with Crippen molar-refractivity contribution < 1.29 is 18.0 Å². The number of sulfonamides is 1. The monoisotopic (exact) mass is 496 g/mol. The van der Waals surface area contributed by atoms with Gasteiger partial charge in [0.2, 0.25) is 5.91 Å². The Morgan fingerprint density at radius 3 is 2.27 bits per heavy atom. The molecular weight excluding hydrogens is 472 g/mol. The zero-order valence-corrected chi connectivity index (χ0v) is 19.3. The van der Waals surface area contributed by atoms with Gasteiger partial charge < -0.3 is 16.4 Å². The predicted octanol–water partition coefficient (Wildman–Crippen LogP) is 3.58. The average molecular weight is 497 g/mol. The maximum atomic E-state index is 12.9. The third-order valence-corrected chi connectivity index (χ3v) is 6.69. The Balaban J connectivity index is 2.28. The van der Waals surface area contributed by atoms with E-state index in [1.807, 2.05) is 13.8 Å². The average Bonchev–Trinajstić information content (AvgIpc) is 2.68. The fraction of sp³-hybridized carbons (Fsp3) is 0.300. The van der Waals surface area contributed by atoms with Gasteiger partial charge in [0.25, 0.3) is 10.0 Å². The van der Waals surface area contributed by atoms with Gasteiger partial charge in [0.15, 0.2) is 0 Å². The van der Waals surface area contributed by atoms with Gasteiger partial charge in [0.1, 0.15) is 6.04 Å². The highest BCUT2D eigenvalue weighted by atomic mass is 79.9. The van der Waals surface area contributed by atoms with Gasteiger partial charge in [-0.15, -0.1) is 0 Å². The van der Waals surface area contributed by atoms with Crippen LogP contribution in [-0.2, 0) is 14.8 Å². The second-order valence-corrected chi connectivity index (χ2v) is 9.52. The van der Waals surface area contributed by atoms with E-state index < -0.39 is 28.0 Å². The fourth-order valence-corrected chi connectivity index (χ4v) is 4.37. The molecule has 10 heteroatoms. The van der Waals surface area contributed by atoms with Gasteiger partial charge in [0, 0.05) is 15.8 Å². The van der Waals surface area contributed by atoms with Crippen molar-refractivity contribution in [1.82, 2.24) is 5.32 Å². The molecule has 0 fully saturated rings. The van der Waals surface area contributed by atoms with E-state index in [4.69, 9.17) is 5.73 Å². The molecule has 0 aliphatic heterocycles. The predicted molar refractivity (Wildman–Crippen MR) is 121 cm³/mol. The van der Waals surface area contributed by atoms with Crippen molar-refractivity contribution in [2.24, 2.45) is 11.7 Å². The van der Waals surface area contributed by atoms with Crippen LogP contribution in [0.1, 0.15) is 25.8 Å². The lowest BCUT2D eigenvalue weighted by atomic mass is 9.98. The van der Waals surface area contributed by atoms with E-state index >= 15 is 0 Å². The molecule has 162 valence electrons. The summed E-state index contributed by atoms with van der Waals surface area (Å²) in [6.45, 7) is 5.36. The molecular formula is C20H25BrN4O4S. The first-order valence-corrected chi connectivity index (χ1v) is 11.6. The molecule has 8 nitrogen and oxygen atoms in total. The molecule has 2 aromatic carbocycles. The van der Waals surface area contributed by atoms with E-state index in [1.54, 1.807) is 43.3 Å². The molecule has 3 amide bonds. The summed E-state index contributed by atoms with van der Waals surface area (Å²) in [4.78, 5) is 24.0. The van der Waals surface area contributed by atoms with Crippen molar-refractivity contribution in [3.05, 3.63) is 52.5 Å². The fourth-order valence-electron chi connectivity index (χ4n) is 2.77. The number of halogens is 1. The Labute approximate surface area is 184 Å². The molecule has 0 aliphatic rings. The normalized spacial score (nSPS) is 13.2. The van der Waals surface area contributed by atoms with Gasteiger partial charge in [-0.25, -0.2) is 13.2 Å². The van der Waals surface area contributed by atoms with Gasteiger partial charge >= 0.3 is 6.03 Å². The standard InChI is InChI=1S/C20H25BrN4O4S/c1-4-12(2)18(24-20(22)27)19(26)23-16-8-5-13(3)17(11-16)30(28,29)25-15-9-6-14(21)7-10-15/h5-12,18,25H,4H2,1-3H3,(H,23,26)(H3,22,24,27). The van der Waals surface area contributed by atoms with E-state index in [9.17, 15) is 18.0 Å². The quantitative estimate of drug-likeness (QED) is 0.444. The maximum Gasteiger partial charge on any atom is 0.312 e. The molecule has 0 spiro atoms. The molecule has 0 bridgehead atoms. The number of aryl methyl sites for hydroxylation is 1. The summed E-state index contributed by atoms with van der Waals surface area (Å²) in [5, 5.41) is 5.10. The summed E-state index contributed by atoms with van der Waals surface area (Å²) < 4.78 is 29.1. The number of carbonyl (C=O) groups excluding carboxylic acids is 2. The molecule has 0 aliphatic carbocycles. The number of urea groups is 1. The molecule has 0 saturated heterocycles. The molecule has 30 heavy (non-hydrogen) atoms. The molecule has 2 rings (SSSR count). The maximum absolute atomic E-state index is 12.9. The lowest BCUT2D eigenvalue weighted by molar-refractivity contribution is -0.119. The summed E-state index contributed by atoms with van der Waals surface area (Å²) in [5.41, 5.74) is 6.40. The van der Waals surface area contributed by atoms with Gasteiger partial charge in [0.05, 0.1) is 4.90 Å². The smallest absolute Gasteiger partial charge is 0.312 e. The van der Waals surface area contributed by atoms with Crippen molar-refractivity contribution in [3.63, 3.8) is 0 Å². The van der Waals surface area contributed by atoms with E-state index in [-0.39, 0.29) is 10.8 Å². The summed E-state index contributed by atoms with van der Waals surface area (Å²) in [5.74, 6) is -0.638. The van der Waals surface area contributed by atoms with Gasteiger partial charge in [-0.05, 0) is 54.8 Å². The number of carbonyl (C=O) groups is 2. The van der Waals surface area contributed by atoms with Gasteiger partial charge in [-0.1, -0.05) is 42.3 Å². The van der Waals surface area contributed by atoms with Crippen molar-refractivity contribution >= 4 is 49.3 Å². The number of rotatable bonds is 8. The Bertz CT molecular complexity index is 1030. The molecule has 2 aromatic rings. The molecule has 0 aromatic heterocycles. The molecule has 2 atom stereocenters. The third kappa shape index (κ3) is 6.20. The van der Waals surface area contributed by atoms with Crippen molar-refractivity contribution in [2.45, 2.75) is 38.1 Å². The molecule has 5 N–H and O–H groups in total. The van der Waals surface area contributed by atoms with Crippen LogP contribution in [0.3, 0.4) is 0 Å². The van der Waals surface area contributed by atoms with E-state index in [0.29, 0.717) is 23.4 Å². The minimum Gasteiger partial charge on any atom is -0.352 e. The summed E-state index contributed by atoms with van der Waals surface area (Å²) in [6.07, 6.45) is 0.642. The van der Waals surface area contributed by atoms with Crippen LogP contribution < -0.4 is 21.1 Å². The lowest BCUT2D eigenvalue weighted by Crippen LogP contribution is -2.49. The van der Waals surface area contributed by atoms with Crippen LogP contribution in [0, 0.1) is 12.8 Å². The van der Waals surface area contributed by atoms with Gasteiger partial charge in [-0.2, -0.15) is 0 Å². The number of nitrogens with one attached hydrogen (secondary N) is 3. The van der Waals surface area contributed by atoms with Crippen molar-refractivity contribution in [3.8, 4) is 0 Å². The zero-order chi connectivity index (χ0) is 22.5. The van der Waals surface area contributed by atoms with Crippen LogP contribution in [0.5, 0.6) is 0 Å². The summed E-state index contributed by atoms with van der Waals surface area (Å²) in [7, 11) is -3.88. The van der Waals surface area contributed by atoms with E-state index in [2.05, 4.69) is 31.3 Å². The first-order chi connectivity index (χ1) is 14.0. The van der Waals surface area contributed by atoms with Crippen molar-refractivity contribution in [2.75, 3.05) is 10.0 Å². The molecule has 0 saturated carbocycles. The Morgan fingerprint density at radius 1 is 1.10 bits per heavy atom. The highest BCUT2D eigenvalue weighted by Crippen LogP contribution is 2.24. The minimum absolute atomic E-state index is 0.0335. The van der Waals surface area contributed by atoms with Crippen LogP contribution in [0.4, 0.5) is 16.2 Å². The summed E-state index contributed by atoms with van der Waals surface area (Å²) in [6, 6.07) is 9.66. The van der Waals surface area contributed by atoms with Gasteiger partial charge in [-0.3, -0.25) is 9.52 Å². The van der Waals surface area contributed by atoms with E-state index in [1.165, 1.54) is 6.07 Å². The van der Waals surface area contributed by atoms with Crippen LogP contribution in [0.25, 0.3) is 0 Å². The highest BCUT2D eigenvalue weighted by Gasteiger charge is 2.26. The largest absolute Gasteiger partial charge is 0.352 e. The van der Waals surface area contributed by atoms with Crippen LogP contribution >= 0.6 is 15.9 Å². The molecule has 2 unspecified atom stereocenters. The Kier molecular flexibility index (Phi) is 7.85. The van der Waals surface area contributed by atoms with Crippen LogP contribution in [-0.4, -0.2) is 26.4 Å². The number of anilines is 2. The Hall–Kier alpha value is -2.59. The topological polar surface area (TPSA) is 130 Å². The number of nitrogens with two attached hydrogens (primary N) is 1. The number of hydrogen-bond acceptors (Lipinski definition) is 4. The Morgan fingerprint density at radius 2 is 1.70 bits per heavy atom. The number of benzene rings is 2. The number of hydrogen-bond donors (Lipinski definition) is 4. The number of primary amides is 1. The first-order valence-electron chi connectivity index (χ1n) is 9.29. The lowest BCUT2D eigenvalue weighted by Gasteiger charge is -2.22. The van der Waals surface area contributed by atoms with Crippen LogP contribution in [0.15, 0.2) is 51.8 Å². The van der Waals surface area contributed by atoms with Crippen molar-refractivity contribution in [1.29, 1.82) is 0 Å². The number of amides is 3.